The summed E-state index contributed by atoms with van der Waals surface area (Å²) in [6.07, 6.45) is 2.29. The molecule has 0 unspecified atom stereocenters. The fourth-order valence-corrected chi connectivity index (χ4v) is 3.91. The van der Waals surface area contributed by atoms with Crippen LogP contribution in [0.15, 0.2) is 23.0 Å². The highest BCUT2D eigenvalue weighted by molar-refractivity contribution is 6.35. The number of rotatable bonds is 4. The summed E-state index contributed by atoms with van der Waals surface area (Å²) in [5.41, 5.74) is -0.213. The number of allylic oxidation sites excluding steroid dienone is 1. The van der Waals surface area contributed by atoms with Crippen molar-refractivity contribution in [3.05, 3.63) is 28.5 Å². The highest BCUT2D eigenvalue weighted by Crippen LogP contribution is 2.54. The number of hydrogen-bond donors (Lipinski definition) is 0. The minimum absolute atomic E-state index is 0.230. The Morgan fingerprint density at radius 2 is 1.89 bits per heavy atom. The molecule has 0 amide bonds. The second-order valence-electron chi connectivity index (χ2n) is 6.72. The van der Waals surface area contributed by atoms with E-state index in [1.165, 1.54) is 21.3 Å². The molecule has 1 aliphatic carbocycles. The van der Waals surface area contributed by atoms with E-state index in [9.17, 15) is 4.79 Å². The maximum atomic E-state index is 13.5. The normalized spacial score (nSPS) is 25.1. The van der Waals surface area contributed by atoms with Crippen LogP contribution in [-0.4, -0.2) is 57.5 Å². The minimum atomic E-state index is -1.31. The van der Waals surface area contributed by atoms with Crippen molar-refractivity contribution in [2.75, 3.05) is 35.4 Å². The Morgan fingerprint density at radius 1 is 1.22 bits per heavy atom. The molecular formula is C19H23ClN2O5. The summed E-state index contributed by atoms with van der Waals surface area (Å²) in [7, 11) is 8.17. The maximum Gasteiger partial charge on any atom is 0.231 e. The van der Waals surface area contributed by atoms with Crippen LogP contribution in [0.1, 0.15) is 23.7 Å². The lowest BCUT2D eigenvalue weighted by Crippen LogP contribution is -2.51. The SMILES string of the molecule is COC1=C/C(=N/N(C)C)C[C@@H](C)[C@]12Oc1c(Cl)c(OC)cc(OC)c1C2=O. The Morgan fingerprint density at radius 3 is 2.44 bits per heavy atom. The molecule has 3 rings (SSSR count). The Hall–Kier alpha value is -2.41. The molecule has 1 aromatic rings. The van der Waals surface area contributed by atoms with E-state index in [-0.39, 0.29) is 22.5 Å². The standard InChI is InChI=1S/C19H23ClN2O5/c1-10-7-11(21-22(2)3)8-14(26-6)19(10)18(23)15-12(24-4)9-13(25-5)16(20)17(15)27-19/h8-10H,7H2,1-6H3/b21-11+/t10-,19+/m1/s1. The van der Waals surface area contributed by atoms with E-state index in [0.717, 1.165) is 5.71 Å². The number of carbonyl (C=O) groups excluding carboxylic acids is 1. The lowest BCUT2D eigenvalue weighted by molar-refractivity contribution is 0.0205. The van der Waals surface area contributed by atoms with Crippen LogP contribution >= 0.6 is 11.6 Å². The van der Waals surface area contributed by atoms with Crippen molar-refractivity contribution < 1.29 is 23.7 Å². The first-order valence-corrected chi connectivity index (χ1v) is 8.87. The maximum absolute atomic E-state index is 13.5. The van der Waals surface area contributed by atoms with Crippen LogP contribution in [0.25, 0.3) is 0 Å². The van der Waals surface area contributed by atoms with Crippen LogP contribution < -0.4 is 14.2 Å². The molecule has 0 bridgehead atoms. The molecule has 146 valence electrons. The van der Waals surface area contributed by atoms with Crippen LogP contribution in [0.3, 0.4) is 0 Å². The van der Waals surface area contributed by atoms with Crippen LogP contribution in [0.2, 0.25) is 5.02 Å². The van der Waals surface area contributed by atoms with Gasteiger partial charge in [-0.05, 0) is 6.42 Å². The molecule has 2 aliphatic rings. The van der Waals surface area contributed by atoms with Crippen LogP contribution in [0.5, 0.6) is 17.2 Å². The summed E-state index contributed by atoms with van der Waals surface area (Å²) in [4.78, 5) is 13.5. The monoisotopic (exact) mass is 394 g/mol. The van der Waals surface area contributed by atoms with Gasteiger partial charge in [0.2, 0.25) is 11.4 Å². The number of benzene rings is 1. The summed E-state index contributed by atoms with van der Waals surface area (Å²) in [5, 5.41) is 6.39. The second kappa shape index (κ2) is 6.96. The van der Waals surface area contributed by atoms with Crippen LogP contribution in [-0.2, 0) is 4.74 Å². The van der Waals surface area contributed by atoms with Gasteiger partial charge in [0, 0.05) is 32.2 Å². The largest absolute Gasteiger partial charge is 0.496 e. The van der Waals surface area contributed by atoms with Crippen molar-refractivity contribution in [3.8, 4) is 17.2 Å². The molecule has 1 aromatic carbocycles. The summed E-state index contributed by atoms with van der Waals surface area (Å²) < 4.78 is 22.5. The Labute approximate surface area is 163 Å². The predicted octanol–water partition coefficient (Wildman–Crippen LogP) is 3.16. The molecule has 0 saturated carbocycles. The molecule has 0 radical (unpaired) electrons. The van der Waals surface area contributed by atoms with Gasteiger partial charge in [-0.1, -0.05) is 18.5 Å². The number of hydrazone groups is 1. The van der Waals surface area contributed by atoms with Crippen LogP contribution in [0.4, 0.5) is 0 Å². The van der Waals surface area contributed by atoms with E-state index < -0.39 is 5.60 Å². The molecule has 1 aliphatic heterocycles. The zero-order valence-corrected chi connectivity index (χ0v) is 17.0. The topological polar surface area (TPSA) is 69.6 Å². The number of fused-ring (bicyclic) bond motifs is 1. The van der Waals surface area contributed by atoms with Gasteiger partial charge in [0.25, 0.3) is 0 Å². The number of halogens is 1. The van der Waals surface area contributed by atoms with Crippen molar-refractivity contribution in [2.24, 2.45) is 11.0 Å². The van der Waals surface area contributed by atoms with E-state index in [2.05, 4.69) is 5.10 Å². The smallest absolute Gasteiger partial charge is 0.231 e. The fraction of sp³-hybridized carbons (Fsp3) is 0.474. The van der Waals surface area contributed by atoms with Gasteiger partial charge in [0.05, 0.1) is 27.0 Å². The molecular weight excluding hydrogens is 372 g/mol. The molecule has 2 atom stereocenters. The number of hydrogen-bond acceptors (Lipinski definition) is 7. The van der Waals surface area contributed by atoms with E-state index in [1.54, 1.807) is 17.2 Å². The first kappa shape index (κ1) is 19.4. The molecule has 0 N–H and O–H groups in total. The lowest BCUT2D eigenvalue weighted by Gasteiger charge is -2.37. The van der Waals surface area contributed by atoms with Crippen molar-refractivity contribution in [1.29, 1.82) is 0 Å². The number of carbonyl (C=O) groups is 1. The lowest BCUT2D eigenvalue weighted by atomic mass is 9.75. The molecule has 0 fully saturated rings. The fourth-order valence-electron chi connectivity index (χ4n) is 3.64. The summed E-state index contributed by atoms with van der Waals surface area (Å²) in [6, 6.07) is 1.59. The van der Waals surface area contributed by atoms with Crippen molar-refractivity contribution in [1.82, 2.24) is 5.01 Å². The molecule has 8 heteroatoms. The van der Waals surface area contributed by atoms with Gasteiger partial charge in [-0.15, -0.1) is 0 Å². The van der Waals surface area contributed by atoms with Gasteiger partial charge >= 0.3 is 0 Å². The predicted molar refractivity (Wildman–Crippen MR) is 102 cm³/mol. The van der Waals surface area contributed by atoms with E-state index >= 15 is 0 Å². The Balaban J connectivity index is 2.20. The number of nitrogens with zero attached hydrogens (tertiary/aromatic N) is 2. The summed E-state index contributed by atoms with van der Waals surface area (Å²) in [5.74, 6) is 0.883. The van der Waals surface area contributed by atoms with Gasteiger partial charge in [0.1, 0.15) is 27.8 Å². The Kier molecular flexibility index (Phi) is 4.99. The number of methoxy groups -OCH3 is 3. The zero-order valence-electron chi connectivity index (χ0n) is 16.3. The van der Waals surface area contributed by atoms with E-state index in [1.807, 2.05) is 21.0 Å². The van der Waals surface area contributed by atoms with Crippen molar-refractivity contribution >= 4 is 23.1 Å². The third kappa shape index (κ3) is 2.81. The molecule has 1 heterocycles. The average molecular weight is 395 g/mol. The Bertz CT molecular complexity index is 849. The van der Waals surface area contributed by atoms with Gasteiger partial charge < -0.3 is 24.0 Å². The molecule has 0 saturated heterocycles. The van der Waals surface area contributed by atoms with Crippen LogP contribution in [0, 0.1) is 5.92 Å². The molecule has 1 spiro atoms. The van der Waals surface area contributed by atoms with E-state index in [4.69, 9.17) is 30.5 Å². The highest BCUT2D eigenvalue weighted by atomic mass is 35.5. The van der Waals surface area contributed by atoms with Crippen molar-refractivity contribution in [3.63, 3.8) is 0 Å². The summed E-state index contributed by atoms with van der Waals surface area (Å²) in [6.45, 7) is 1.93. The summed E-state index contributed by atoms with van der Waals surface area (Å²) >= 11 is 6.44. The number of Topliss-reactive ketones (excluding diaryl/α,β-unsaturated/α-hetero) is 1. The van der Waals surface area contributed by atoms with Crippen molar-refractivity contribution in [2.45, 2.75) is 18.9 Å². The molecule has 0 aromatic heterocycles. The van der Waals surface area contributed by atoms with E-state index in [0.29, 0.717) is 29.2 Å². The van der Waals surface area contributed by atoms with Gasteiger partial charge in [0.15, 0.2) is 5.75 Å². The average Bonchev–Trinajstić information content (AvgIpc) is 2.93. The third-order valence-corrected chi connectivity index (χ3v) is 5.20. The first-order valence-electron chi connectivity index (χ1n) is 8.49. The number of ketones is 1. The zero-order chi connectivity index (χ0) is 19.9. The van der Waals surface area contributed by atoms with Gasteiger partial charge in [-0.25, -0.2) is 0 Å². The quantitative estimate of drug-likeness (QED) is 0.730. The molecule has 7 nitrogen and oxygen atoms in total. The highest BCUT2D eigenvalue weighted by Gasteiger charge is 2.59. The van der Waals surface area contributed by atoms with Gasteiger partial charge in [-0.3, -0.25) is 4.79 Å². The molecule has 27 heavy (non-hydrogen) atoms. The minimum Gasteiger partial charge on any atom is -0.496 e. The van der Waals surface area contributed by atoms with Gasteiger partial charge in [-0.2, -0.15) is 5.10 Å². The number of ether oxygens (including phenoxy) is 4. The third-order valence-electron chi connectivity index (χ3n) is 4.84. The second-order valence-corrected chi connectivity index (χ2v) is 7.10. The first-order chi connectivity index (χ1) is 12.8.